The van der Waals surface area contributed by atoms with Gasteiger partial charge in [0, 0.05) is 54.1 Å². The predicted molar refractivity (Wildman–Crippen MR) is 119 cm³/mol. The van der Waals surface area contributed by atoms with E-state index in [-0.39, 0.29) is 5.91 Å². The predicted octanol–water partition coefficient (Wildman–Crippen LogP) is 4.35. The molecular formula is C22H25ClN4O2S. The van der Waals surface area contributed by atoms with Crippen LogP contribution in [0.4, 0.5) is 0 Å². The Balaban J connectivity index is 1.25. The number of aromatic nitrogens is 2. The summed E-state index contributed by atoms with van der Waals surface area (Å²) in [5, 5.41) is 7.88. The maximum Gasteiger partial charge on any atom is 0.222 e. The lowest BCUT2D eigenvalue weighted by Gasteiger charge is -2.34. The number of halogens is 1. The minimum atomic E-state index is 0.203. The second-order valence-electron chi connectivity index (χ2n) is 7.59. The molecule has 0 N–H and O–H groups in total. The molecule has 8 heteroatoms. The highest BCUT2D eigenvalue weighted by molar-refractivity contribution is 7.09. The lowest BCUT2D eigenvalue weighted by molar-refractivity contribution is -0.133. The first-order valence-corrected chi connectivity index (χ1v) is 11.4. The van der Waals surface area contributed by atoms with E-state index in [1.54, 1.807) is 11.3 Å². The minimum absolute atomic E-state index is 0.203. The van der Waals surface area contributed by atoms with E-state index in [0.29, 0.717) is 12.8 Å². The van der Waals surface area contributed by atoms with Gasteiger partial charge in [-0.25, -0.2) is 4.98 Å². The number of thiazole rings is 1. The Labute approximate surface area is 185 Å². The van der Waals surface area contributed by atoms with Crippen LogP contribution in [0.3, 0.4) is 0 Å². The monoisotopic (exact) mass is 444 g/mol. The molecule has 1 aliphatic heterocycles. The minimum Gasteiger partial charge on any atom is -0.361 e. The normalized spacial score (nSPS) is 15.0. The second kappa shape index (κ2) is 9.29. The highest BCUT2D eigenvalue weighted by Crippen LogP contribution is 2.24. The van der Waals surface area contributed by atoms with Crippen LogP contribution in [0, 0.1) is 13.8 Å². The van der Waals surface area contributed by atoms with Crippen molar-refractivity contribution in [3.05, 3.63) is 56.7 Å². The molecule has 0 bridgehead atoms. The van der Waals surface area contributed by atoms with E-state index in [2.05, 4.69) is 15.4 Å². The number of hydrogen-bond acceptors (Lipinski definition) is 6. The van der Waals surface area contributed by atoms with Crippen molar-refractivity contribution in [1.82, 2.24) is 19.9 Å². The molecule has 3 aromatic rings. The number of carbonyl (C=O) groups excluding carboxylic acids is 1. The van der Waals surface area contributed by atoms with Gasteiger partial charge < -0.3 is 9.42 Å². The molecule has 1 aliphatic rings. The van der Waals surface area contributed by atoms with Crippen molar-refractivity contribution in [3.8, 4) is 11.3 Å². The average molecular weight is 445 g/mol. The number of rotatable bonds is 6. The molecule has 0 atom stereocenters. The lowest BCUT2D eigenvalue weighted by Crippen LogP contribution is -2.48. The van der Waals surface area contributed by atoms with Gasteiger partial charge in [-0.1, -0.05) is 28.9 Å². The molecule has 6 nitrogen and oxygen atoms in total. The van der Waals surface area contributed by atoms with Crippen LogP contribution >= 0.6 is 22.9 Å². The molecule has 30 heavy (non-hydrogen) atoms. The first-order chi connectivity index (χ1) is 14.5. The number of carbonyl (C=O) groups is 1. The molecular weight excluding hydrogens is 420 g/mol. The molecule has 2 aromatic heterocycles. The first kappa shape index (κ1) is 21.0. The number of benzene rings is 1. The third-order valence-electron chi connectivity index (χ3n) is 5.55. The van der Waals surface area contributed by atoms with Gasteiger partial charge in [-0.15, -0.1) is 11.3 Å². The first-order valence-electron chi connectivity index (χ1n) is 10.1. The third kappa shape index (κ3) is 4.91. The van der Waals surface area contributed by atoms with Gasteiger partial charge in [-0.05, 0) is 32.4 Å². The smallest absolute Gasteiger partial charge is 0.222 e. The van der Waals surface area contributed by atoms with Gasteiger partial charge in [-0.2, -0.15) is 0 Å². The van der Waals surface area contributed by atoms with Crippen LogP contribution in [-0.2, 0) is 17.8 Å². The molecule has 158 valence electrons. The summed E-state index contributed by atoms with van der Waals surface area (Å²) in [5.74, 6) is 1.01. The summed E-state index contributed by atoms with van der Waals surface area (Å²) < 4.78 is 5.19. The highest BCUT2D eigenvalue weighted by atomic mass is 35.5. The van der Waals surface area contributed by atoms with E-state index < -0.39 is 0 Å². The zero-order chi connectivity index (χ0) is 21.1. The number of hydrogen-bond donors (Lipinski definition) is 0. The molecule has 0 unspecified atom stereocenters. The van der Waals surface area contributed by atoms with Crippen LogP contribution in [0.1, 0.15) is 28.4 Å². The summed E-state index contributed by atoms with van der Waals surface area (Å²) >= 11 is 7.64. The van der Waals surface area contributed by atoms with Gasteiger partial charge in [0.25, 0.3) is 0 Å². The van der Waals surface area contributed by atoms with Crippen LogP contribution in [0.15, 0.2) is 34.2 Å². The number of nitrogens with zero attached hydrogens (tertiary/aromatic N) is 4. The van der Waals surface area contributed by atoms with Gasteiger partial charge >= 0.3 is 0 Å². The van der Waals surface area contributed by atoms with Crippen molar-refractivity contribution < 1.29 is 9.32 Å². The van der Waals surface area contributed by atoms with E-state index in [1.165, 1.54) is 0 Å². The van der Waals surface area contributed by atoms with Crippen molar-refractivity contribution in [1.29, 1.82) is 0 Å². The van der Waals surface area contributed by atoms with Gasteiger partial charge in [0.1, 0.15) is 10.8 Å². The van der Waals surface area contributed by atoms with Crippen LogP contribution in [-0.4, -0.2) is 52.0 Å². The molecule has 0 spiro atoms. The maximum atomic E-state index is 12.6. The number of aryl methyl sites for hydroxylation is 2. The highest BCUT2D eigenvalue weighted by Gasteiger charge is 2.22. The van der Waals surface area contributed by atoms with E-state index >= 15 is 0 Å². The standard InChI is InChI=1S/C22H25ClN4O2S/c1-15-19(16(2)29-25-15)7-8-22(28)27-11-9-26(10-12-27)13-21-24-20(14-30-21)17-3-5-18(23)6-4-17/h3-6,14H,7-13H2,1-2H3. The largest absolute Gasteiger partial charge is 0.361 e. The fourth-order valence-corrected chi connectivity index (χ4v) is 4.70. The van der Waals surface area contributed by atoms with Crippen molar-refractivity contribution in [2.75, 3.05) is 26.2 Å². The van der Waals surface area contributed by atoms with Crippen molar-refractivity contribution >= 4 is 28.8 Å². The Bertz CT molecular complexity index is 987. The third-order valence-corrected chi connectivity index (χ3v) is 6.63. The van der Waals surface area contributed by atoms with E-state index in [1.807, 2.05) is 43.0 Å². The average Bonchev–Trinajstić information content (AvgIpc) is 3.34. The zero-order valence-electron chi connectivity index (χ0n) is 17.2. The molecule has 1 saturated heterocycles. The molecule has 3 heterocycles. The molecule has 0 aliphatic carbocycles. The molecule has 1 fully saturated rings. The topological polar surface area (TPSA) is 62.5 Å². The SMILES string of the molecule is Cc1noc(C)c1CCC(=O)N1CCN(Cc2nc(-c3ccc(Cl)cc3)cs2)CC1. The summed E-state index contributed by atoms with van der Waals surface area (Å²) in [7, 11) is 0. The Morgan fingerprint density at radius 1 is 1.17 bits per heavy atom. The molecule has 0 radical (unpaired) electrons. The van der Waals surface area contributed by atoms with Crippen molar-refractivity contribution in [2.24, 2.45) is 0 Å². The summed E-state index contributed by atoms with van der Waals surface area (Å²) in [5.41, 5.74) is 4.00. The van der Waals surface area contributed by atoms with E-state index in [0.717, 1.165) is 71.0 Å². The van der Waals surface area contributed by atoms with E-state index in [9.17, 15) is 4.79 Å². The van der Waals surface area contributed by atoms with Gasteiger partial charge in [0.15, 0.2) is 0 Å². The molecule has 0 saturated carbocycles. The van der Waals surface area contributed by atoms with Gasteiger partial charge in [0.2, 0.25) is 5.91 Å². The quantitative estimate of drug-likeness (QED) is 0.565. The fourth-order valence-electron chi connectivity index (χ4n) is 3.73. The number of piperazine rings is 1. The molecule has 1 amide bonds. The van der Waals surface area contributed by atoms with Crippen molar-refractivity contribution in [3.63, 3.8) is 0 Å². The molecule has 4 rings (SSSR count). The van der Waals surface area contributed by atoms with Crippen LogP contribution in [0.2, 0.25) is 5.02 Å². The Morgan fingerprint density at radius 3 is 2.57 bits per heavy atom. The summed E-state index contributed by atoms with van der Waals surface area (Å²) in [4.78, 5) is 21.7. The Morgan fingerprint density at radius 2 is 1.90 bits per heavy atom. The zero-order valence-corrected chi connectivity index (χ0v) is 18.8. The second-order valence-corrected chi connectivity index (χ2v) is 8.97. The summed E-state index contributed by atoms with van der Waals surface area (Å²) in [6.45, 7) is 7.90. The number of amides is 1. The maximum absolute atomic E-state index is 12.6. The van der Waals surface area contributed by atoms with Gasteiger partial charge in [-0.3, -0.25) is 9.69 Å². The van der Waals surface area contributed by atoms with Gasteiger partial charge in [0.05, 0.1) is 17.9 Å². The Kier molecular flexibility index (Phi) is 6.51. The summed E-state index contributed by atoms with van der Waals surface area (Å²) in [6, 6.07) is 7.76. The summed E-state index contributed by atoms with van der Waals surface area (Å²) in [6.07, 6.45) is 1.19. The van der Waals surface area contributed by atoms with Crippen LogP contribution < -0.4 is 0 Å². The van der Waals surface area contributed by atoms with Crippen LogP contribution in [0.5, 0.6) is 0 Å². The molecule has 1 aromatic carbocycles. The van der Waals surface area contributed by atoms with Crippen LogP contribution in [0.25, 0.3) is 11.3 Å². The fraction of sp³-hybridized carbons (Fsp3) is 0.409. The Hall–Kier alpha value is -2.22. The van der Waals surface area contributed by atoms with E-state index in [4.69, 9.17) is 21.1 Å². The lowest BCUT2D eigenvalue weighted by atomic mass is 10.1. The van der Waals surface area contributed by atoms with Crippen molar-refractivity contribution in [2.45, 2.75) is 33.2 Å².